The molecule has 1 amide bonds. The van der Waals surface area contributed by atoms with Crippen molar-refractivity contribution in [2.45, 2.75) is 18.9 Å². The summed E-state index contributed by atoms with van der Waals surface area (Å²) in [6.45, 7) is 0. The van der Waals surface area contributed by atoms with Gasteiger partial charge in [0.1, 0.15) is 0 Å². The molecule has 1 aliphatic heterocycles. The number of rotatable bonds is 5. The molecule has 1 aliphatic rings. The van der Waals surface area contributed by atoms with Gasteiger partial charge in [-0.3, -0.25) is 4.79 Å². The third kappa shape index (κ3) is 4.07. The molecule has 160 valence electrons. The van der Waals surface area contributed by atoms with Gasteiger partial charge in [-0.2, -0.15) is 4.37 Å². The lowest BCUT2D eigenvalue weighted by Crippen LogP contribution is -2.30. The summed E-state index contributed by atoms with van der Waals surface area (Å²) >= 11 is 8.15. The van der Waals surface area contributed by atoms with Crippen LogP contribution in [0, 0.1) is 0 Å². The molecule has 2 heterocycles. The number of nitrogens with two attached hydrogens (primary N) is 1. The first-order valence-corrected chi connectivity index (χ1v) is 11.5. The molecule has 4 aromatic rings. The number of nitrogens with one attached hydrogen (secondary N) is 2. The van der Waals surface area contributed by atoms with E-state index >= 15 is 0 Å². The zero-order valence-corrected chi connectivity index (χ0v) is 18.7. The quantitative estimate of drug-likeness (QED) is 0.344. The molecule has 1 fully saturated rings. The Labute approximate surface area is 195 Å². The van der Waals surface area contributed by atoms with Gasteiger partial charge in [-0.15, -0.1) is 0 Å². The summed E-state index contributed by atoms with van der Waals surface area (Å²) in [5.74, 6) is 0.818. The standard InChI is InChI=1S/C25H21ClN4OS/c26-24-17(16-5-2-1-3-6-16)7-4-8-21(24)29-25-18-10-9-15(14-22(18)32-30-25)13-19(27)20-11-12-23(31)28-20/h1-10,13-14,20H,11-12,27H2,(H,28,31)(H,29,30). The predicted octanol–water partition coefficient (Wildman–Crippen LogP) is 5.94. The molecule has 5 nitrogen and oxygen atoms in total. The van der Waals surface area contributed by atoms with E-state index in [4.69, 9.17) is 17.3 Å². The number of hydrogen-bond acceptors (Lipinski definition) is 5. The molecule has 5 rings (SSSR count). The molecule has 1 aromatic heterocycles. The molecular weight excluding hydrogens is 440 g/mol. The molecule has 0 radical (unpaired) electrons. The van der Waals surface area contributed by atoms with Crippen LogP contribution in [0.1, 0.15) is 18.4 Å². The first kappa shape index (κ1) is 20.5. The predicted molar refractivity (Wildman–Crippen MR) is 133 cm³/mol. The lowest BCUT2D eigenvalue weighted by atomic mass is 10.0. The van der Waals surface area contributed by atoms with Crippen molar-refractivity contribution < 1.29 is 4.79 Å². The van der Waals surface area contributed by atoms with E-state index in [1.54, 1.807) is 0 Å². The number of carbonyl (C=O) groups excluding carboxylic acids is 1. The van der Waals surface area contributed by atoms with Crippen LogP contribution >= 0.6 is 23.1 Å². The molecule has 7 heteroatoms. The van der Waals surface area contributed by atoms with Crippen LogP contribution in [0.4, 0.5) is 11.5 Å². The highest BCUT2D eigenvalue weighted by Crippen LogP contribution is 2.37. The number of carbonyl (C=O) groups is 1. The minimum atomic E-state index is -0.0871. The first-order chi connectivity index (χ1) is 15.6. The van der Waals surface area contributed by atoms with E-state index in [2.05, 4.69) is 21.1 Å². The number of aromatic nitrogens is 1. The smallest absolute Gasteiger partial charge is 0.220 e. The molecule has 32 heavy (non-hydrogen) atoms. The van der Waals surface area contributed by atoms with Gasteiger partial charge in [0.25, 0.3) is 0 Å². The highest BCUT2D eigenvalue weighted by molar-refractivity contribution is 7.13. The van der Waals surface area contributed by atoms with Gasteiger partial charge in [-0.1, -0.05) is 60.1 Å². The summed E-state index contributed by atoms with van der Waals surface area (Å²) in [6.07, 6.45) is 3.18. The second-order valence-electron chi connectivity index (χ2n) is 7.75. The van der Waals surface area contributed by atoms with Crippen molar-refractivity contribution in [3.8, 4) is 11.1 Å². The maximum Gasteiger partial charge on any atom is 0.220 e. The van der Waals surface area contributed by atoms with E-state index in [0.29, 0.717) is 17.1 Å². The van der Waals surface area contributed by atoms with Crippen LogP contribution in [0.3, 0.4) is 0 Å². The highest BCUT2D eigenvalue weighted by Gasteiger charge is 2.22. The van der Waals surface area contributed by atoms with Crippen molar-refractivity contribution in [3.05, 3.63) is 83.0 Å². The van der Waals surface area contributed by atoms with Crippen LogP contribution < -0.4 is 16.4 Å². The van der Waals surface area contributed by atoms with Gasteiger partial charge in [0.15, 0.2) is 5.82 Å². The topological polar surface area (TPSA) is 80.0 Å². The van der Waals surface area contributed by atoms with Crippen molar-refractivity contribution in [1.29, 1.82) is 0 Å². The summed E-state index contributed by atoms with van der Waals surface area (Å²) in [6, 6.07) is 22.0. The molecule has 1 atom stereocenters. The van der Waals surface area contributed by atoms with Crippen LogP contribution in [-0.4, -0.2) is 16.3 Å². The summed E-state index contributed by atoms with van der Waals surface area (Å²) in [5, 5.41) is 7.97. The fourth-order valence-electron chi connectivity index (χ4n) is 3.89. The lowest BCUT2D eigenvalue weighted by Gasteiger charge is -2.11. The third-order valence-electron chi connectivity index (χ3n) is 5.56. The van der Waals surface area contributed by atoms with Gasteiger partial charge in [0.2, 0.25) is 5.91 Å². The van der Waals surface area contributed by atoms with Crippen molar-refractivity contribution in [2.24, 2.45) is 5.73 Å². The maximum atomic E-state index is 11.4. The molecular formula is C25H21ClN4OS. The van der Waals surface area contributed by atoms with Gasteiger partial charge in [0, 0.05) is 23.1 Å². The summed E-state index contributed by atoms with van der Waals surface area (Å²) < 4.78 is 5.65. The largest absolute Gasteiger partial charge is 0.400 e. The molecule has 1 saturated heterocycles. The summed E-state index contributed by atoms with van der Waals surface area (Å²) in [7, 11) is 0. The highest BCUT2D eigenvalue weighted by atomic mass is 35.5. The van der Waals surface area contributed by atoms with Gasteiger partial charge < -0.3 is 16.4 Å². The average molecular weight is 461 g/mol. The Morgan fingerprint density at radius 2 is 2.00 bits per heavy atom. The molecule has 0 aliphatic carbocycles. The van der Waals surface area contributed by atoms with Gasteiger partial charge >= 0.3 is 0 Å². The second-order valence-corrected chi connectivity index (χ2v) is 8.93. The number of nitrogens with zero attached hydrogens (tertiary/aromatic N) is 1. The number of hydrogen-bond donors (Lipinski definition) is 3. The molecule has 0 saturated carbocycles. The Kier molecular flexibility index (Phi) is 5.55. The third-order valence-corrected chi connectivity index (χ3v) is 6.78. The number of anilines is 2. The Bertz CT molecular complexity index is 1330. The Morgan fingerprint density at radius 1 is 1.16 bits per heavy atom. The van der Waals surface area contributed by atoms with E-state index in [1.165, 1.54) is 11.5 Å². The SMILES string of the molecule is NC(=Cc1ccc2c(Nc3cccc(-c4ccccc4)c3Cl)nsc2c1)C1CCC(=O)N1. The van der Waals surface area contributed by atoms with Gasteiger partial charge in [0.05, 0.1) is 21.5 Å². The number of benzene rings is 3. The summed E-state index contributed by atoms with van der Waals surface area (Å²) in [4.78, 5) is 11.4. The Hall–Kier alpha value is -3.35. The van der Waals surface area contributed by atoms with E-state index in [0.717, 1.165) is 44.7 Å². The van der Waals surface area contributed by atoms with Crippen molar-refractivity contribution in [1.82, 2.24) is 9.69 Å². The zero-order valence-electron chi connectivity index (χ0n) is 17.1. The monoisotopic (exact) mass is 460 g/mol. The minimum Gasteiger partial charge on any atom is -0.400 e. The molecule has 1 unspecified atom stereocenters. The molecule has 4 N–H and O–H groups in total. The fraction of sp³-hybridized carbons (Fsp3) is 0.120. The second kappa shape index (κ2) is 8.65. The van der Waals surface area contributed by atoms with Crippen molar-refractivity contribution in [2.75, 3.05) is 5.32 Å². The molecule has 3 aromatic carbocycles. The van der Waals surface area contributed by atoms with Crippen LogP contribution in [0.25, 0.3) is 27.3 Å². The summed E-state index contributed by atoms with van der Waals surface area (Å²) in [5.41, 5.74) is 10.7. The zero-order chi connectivity index (χ0) is 22.1. The van der Waals surface area contributed by atoms with Gasteiger partial charge in [-0.05, 0) is 53.4 Å². The fourth-order valence-corrected chi connectivity index (χ4v) is 4.96. The van der Waals surface area contributed by atoms with Crippen LogP contribution in [0.2, 0.25) is 5.02 Å². The van der Waals surface area contributed by atoms with E-state index in [1.807, 2.05) is 66.7 Å². The van der Waals surface area contributed by atoms with Crippen LogP contribution in [-0.2, 0) is 4.79 Å². The lowest BCUT2D eigenvalue weighted by molar-refractivity contribution is -0.119. The van der Waals surface area contributed by atoms with Gasteiger partial charge in [-0.25, -0.2) is 0 Å². The average Bonchev–Trinajstić information content (AvgIpc) is 3.42. The number of fused-ring (bicyclic) bond motifs is 1. The Morgan fingerprint density at radius 3 is 2.78 bits per heavy atom. The normalized spacial score (nSPS) is 16.3. The molecule has 0 bridgehead atoms. The molecule has 0 spiro atoms. The van der Waals surface area contributed by atoms with Crippen LogP contribution in [0.15, 0.2) is 72.4 Å². The number of halogens is 1. The van der Waals surface area contributed by atoms with Crippen molar-refractivity contribution >= 4 is 56.7 Å². The van der Waals surface area contributed by atoms with E-state index in [9.17, 15) is 4.79 Å². The van der Waals surface area contributed by atoms with E-state index < -0.39 is 0 Å². The Balaban J connectivity index is 1.41. The van der Waals surface area contributed by atoms with Crippen LogP contribution in [0.5, 0.6) is 0 Å². The van der Waals surface area contributed by atoms with E-state index in [-0.39, 0.29) is 11.9 Å². The number of amides is 1. The maximum absolute atomic E-state index is 11.4. The first-order valence-electron chi connectivity index (χ1n) is 10.4. The minimum absolute atomic E-state index is 0.0509. The van der Waals surface area contributed by atoms with Crippen molar-refractivity contribution in [3.63, 3.8) is 0 Å².